The molecule has 1 N–H and O–H groups in total. The number of amides is 1. The summed E-state index contributed by atoms with van der Waals surface area (Å²) in [6, 6.07) is 16.4. The minimum atomic E-state index is -3.67. The summed E-state index contributed by atoms with van der Waals surface area (Å²) in [5.41, 5.74) is 0.340. The minimum Gasteiger partial charge on any atom is -0.422 e. The van der Waals surface area contributed by atoms with Crippen molar-refractivity contribution < 1.29 is 22.7 Å². The van der Waals surface area contributed by atoms with Gasteiger partial charge in [0, 0.05) is 24.7 Å². The largest absolute Gasteiger partial charge is 0.422 e. The Morgan fingerprint density at radius 1 is 0.973 bits per heavy atom. The number of fused-ring (bicyclic) bond motifs is 1. The summed E-state index contributed by atoms with van der Waals surface area (Å²) in [5.74, 6) is -1.08. The van der Waals surface area contributed by atoms with Crippen molar-refractivity contribution in [2.24, 2.45) is 0 Å². The van der Waals surface area contributed by atoms with Gasteiger partial charge in [0.25, 0.3) is 5.91 Å². The number of rotatable bonds is 10. The second kappa shape index (κ2) is 11.6. The standard InChI is InChI=1S/C27H27N3O5S2/c1-3-14-30(15-4-2)37(33,34)22-11-9-19(10-12-22)26(32)35-24-18-21-8-6-5-7-20(21)17-23(24)25(31)29-27-28-13-16-36-27/h5-13,16-18H,3-4,14-15H2,1-2H3,(H,28,29,31). The number of esters is 1. The van der Waals surface area contributed by atoms with Crippen molar-refractivity contribution in [3.63, 3.8) is 0 Å². The third-order valence-corrected chi connectivity index (χ3v) is 8.22. The lowest BCUT2D eigenvalue weighted by atomic mass is 10.1. The SMILES string of the molecule is CCCN(CCC)S(=O)(=O)c1ccc(C(=O)Oc2cc3ccccc3cc2C(=O)Nc2nccs2)cc1. The molecule has 0 bridgehead atoms. The summed E-state index contributed by atoms with van der Waals surface area (Å²) in [5, 5.41) is 6.49. The van der Waals surface area contributed by atoms with Crippen LogP contribution in [0.1, 0.15) is 47.4 Å². The molecule has 4 aromatic rings. The Kier molecular flexibility index (Phi) is 8.32. The Morgan fingerprint density at radius 3 is 2.22 bits per heavy atom. The summed E-state index contributed by atoms with van der Waals surface area (Å²) >= 11 is 1.27. The number of aromatic nitrogens is 1. The maximum Gasteiger partial charge on any atom is 0.343 e. The molecule has 0 saturated heterocycles. The number of nitrogens with one attached hydrogen (secondary N) is 1. The van der Waals surface area contributed by atoms with Crippen molar-refractivity contribution in [1.82, 2.24) is 9.29 Å². The number of sulfonamides is 1. The zero-order valence-corrected chi connectivity index (χ0v) is 22.1. The van der Waals surface area contributed by atoms with Crippen LogP contribution in [0.4, 0.5) is 5.13 Å². The van der Waals surface area contributed by atoms with E-state index in [1.54, 1.807) is 23.7 Å². The molecule has 0 unspecified atom stereocenters. The number of ether oxygens (including phenoxy) is 1. The van der Waals surface area contributed by atoms with Crippen LogP contribution in [0, 0.1) is 0 Å². The van der Waals surface area contributed by atoms with Gasteiger partial charge in [0.15, 0.2) is 5.13 Å². The molecule has 0 saturated carbocycles. The number of carbonyl (C=O) groups is 2. The molecule has 0 atom stereocenters. The minimum absolute atomic E-state index is 0.0894. The molecule has 8 nitrogen and oxygen atoms in total. The second-order valence-corrected chi connectivity index (χ2v) is 11.1. The second-order valence-electron chi connectivity index (χ2n) is 8.30. The average Bonchev–Trinajstić information content (AvgIpc) is 3.41. The van der Waals surface area contributed by atoms with Crippen molar-refractivity contribution in [2.45, 2.75) is 31.6 Å². The van der Waals surface area contributed by atoms with E-state index in [9.17, 15) is 18.0 Å². The van der Waals surface area contributed by atoms with Crippen LogP contribution in [0.25, 0.3) is 10.8 Å². The summed E-state index contributed by atoms with van der Waals surface area (Å²) < 4.78 is 33.1. The zero-order chi connectivity index (χ0) is 26.4. The van der Waals surface area contributed by atoms with Gasteiger partial charge in [-0.05, 0) is 60.0 Å². The number of hydrogen-bond donors (Lipinski definition) is 1. The van der Waals surface area contributed by atoms with E-state index in [1.165, 1.54) is 39.9 Å². The molecule has 0 radical (unpaired) electrons. The van der Waals surface area contributed by atoms with Crippen molar-refractivity contribution in [3.05, 3.63) is 83.4 Å². The van der Waals surface area contributed by atoms with E-state index in [0.29, 0.717) is 31.1 Å². The van der Waals surface area contributed by atoms with E-state index in [1.807, 2.05) is 38.1 Å². The van der Waals surface area contributed by atoms with Crippen LogP contribution in [0.5, 0.6) is 5.75 Å². The number of carbonyl (C=O) groups excluding carboxylic acids is 2. The van der Waals surface area contributed by atoms with Crippen LogP contribution in [-0.4, -0.2) is 42.7 Å². The number of nitrogens with zero attached hydrogens (tertiary/aromatic N) is 2. The van der Waals surface area contributed by atoms with E-state index < -0.39 is 21.9 Å². The first kappa shape index (κ1) is 26.5. The molecule has 0 aliphatic carbocycles. The van der Waals surface area contributed by atoms with E-state index in [4.69, 9.17) is 4.74 Å². The maximum absolute atomic E-state index is 13.0. The third kappa shape index (κ3) is 6.04. The summed E-state index contributed by atoms with van der Waals surface area (Å²) in [6.07, 6.45) is 2.98. The first-order valence-corrected chi connectivity index (χ1v) is 14.2. The Bertz CT molecular complexity index is 1500. The molecular formula is C27H27N3O5S2. The molecule has 192 valence electrons. The lowest BCUT2D eigenvalue weighted by molar-refractivity contribution is 0.0733. The fourth-order valence-electron chi connectivity index (χ4n) is 3.85. The molecule has 0 aliphatic rings. The van der Waals surface area contributed by atoms with Gasteiger partial charge >= 0.3 is 5.97 Å². The van der Waals surface area contributed by atoms with Gasteiger partial charge in [0.05, 0.1) is 16.0 Å². The fraction of sp³-hybridized carbons (Fsp3) is 0.222. The molecule has 1 amide bonds. The van der Waals surface area contributed by atoms with E-state index in [2.05, 4.69) is 10.3 Å². The Balaban J connectivity index is 1.61. The van der Waals surface area contributed by atoms with Gasteiger partial charge in [-0.2, -0.15) is 4.31 Å². The number of benzene rings is 3. The van der Waals surface area contributed by atoms with E-state index in [0.717, 1.165) is 10.8 Å². The Hall–Kier alpha value is -3.60. The molecule has 0 fully saturated rings. The van der Waals surface area contributed by atoms with Crippen LogP contribution in [-0.2, 0) is 10.0 Å². The highest BCUT2D eigenvalue weighted by Crippen LogP contribution is 2.28. The number of anilines is 1. The lowest BCUT2D eigenvalue weighted by Gasteiger charge is -2.21. The lowest BCUT2D eigenvalue weighted by Crippen LogP contribution is -2.32. The first-order chi connectivity index (χ1) is 17.8. The predicted molar refractivity (Wildman–Crippen MR) is 145 cm³/mol. The number of hydrogen-bond acceptors (Lipinski definition) is 7. The smallest absolute Gasteiger partial charge is 0.343 e. The van der Waals surface area contributed by atoms with Gasteiger partial charge in [-0.15, -0.1) is 11.3 Å². The van der Waals surface area contributed by atoms with Gasteiger partial charge in [-0.3, -0.25) is 10.1 Å². The first-order valence-electron chi connectivity index (χ1n) is 11.9. The molecular weight excluding hydrogens is 510 g/mol. The van der Waals surface area contributed by atoms with Gasteiger partial charge < -0.3 is 4.74 Å². The predicted octanol–water partition coefficient (Wildman–Crippen LogP) is 5.58. The normalized spacial score (nSPS) is 11.5. The van der Waals surface area contributed by atoms with Crippen LogP contribution < -0.4 is 10.1 Å². The highest BCUT2D eigenvalue weighted by Gasteiger charge is 2.24. The monoisotopic (exact) mass is 537 g/mol. The molecule has 1 aromatic heterocycles. The molecule has 1 heterocycles. The van der Waals surface area contributed by atoms with Gasteiger partial charge in [-0.25, -0.2) is 18.2 Å². The molecule has 3 aromatic carbocycles. The fourth-order valence-corrected chi connectivity index (χ4v) is 6.00. The number of thiazole rings is 1. The molecule has 10 heteroatoms. The van der Waals surface area contributed by atoms with Crippen molar-refractivity contribution in [1.29, 1.82) is 0 Å². The Morgan fingerprint density at radius 2 is 1.62 bits per heavy atom. The van der Waals surface area contributed by atoms with Crippen LogP contribution >= 0.6 is 11.3 Å². The van der Waals surface area contributed by atoms with Crippen molar-refractivity contribution in [2.75, 3.05) is 18.4 Å². The average molecular weight is 538 g/mol. The summed E-state index contributed by atoms with van der Waals surface area (Å²) in [7, 11) is -3.67. The van der Waals surface area contributed by atoms with Crippen LogP contribution in [0.3, 0.4) is 0 Å². The van der Waals surface area contributed by atoms with E-state index >= 15 is 0 Å². The molecule has 0 aliphatic heterocycles. The van der Waals surface area contributed by atoms with Gasteiger partial charge in [0.2, 0.25) is 10.0 Å². The topological polar surface area (TPSA) is 106 Å². The maximum atomic E-state index is 13.0. The quantitative estimate of drug-likeness (QED) is 0.209. The zero-order valence-electron chi connectivity index (χ0n) is 20.5. The van der Waals surface area contributed by atoms with Gasteiger partial charge in [-0.1, -0.05) is 38.1 Å². The van der Waals surface area contributed by atoms with Crippen LogP contribution in [0.2, 0.25) is 0 Å². The highest BCUT2D eigenvalue weighted by molar-refractivity contribution is 7.89. The summed E-state index contributed by atoms with van der Waals surface area (Å²) in [4.78, 5) is 30.2. The van der Waals surface area contributed by atoms with Crippen LogP contribution in [0.15, 0.2) is 77.1 Å². The molecule has 37 heavy (non-hydrogen) atoms. The van der Waals surface area contributed by atoms with Crippen molar-refractivity contribution >= 4 is 49.1 Å². The van der Waals surface area contributed by atoms with Gasteiger partial charge in [0.1, 0.15) is 5.75 Å². The highest BCUT2D eigenvalue weighted by atomic mass is 32.2. The summed E-state index contributed by atoms with van der Waals surface area (Å²) in [6.45, 7) is 4.70. The molecule has 0 spiro atoms. The van der Waals surface area contributed by atoms with E-state index in [-0.39, 0.29) is 21.8 Å². The van der Waals surface area contributed by atoms with Crippen molar-refractivity contribution in [3.8, 4) is 5.75 Å². The molecule has 4 rings (SSSR count). The Labute approximate surface area is 220 Å². The third-order valence-electron chi connectivity index (χ3n) is 5.62.